The molecule has 3 rings (SSSR count). The van der Waals surface area contributed by atoms with Crippen LogP contribution >= 0.6 is 11.6 Å². The minimum absolute atomic E-state index is 0.124. The molecule has 0 saturated heterocycles. The first-order chi connectivity index (χ1) is 11.5. The van der Waals surface area contributed by atoms with E-state index in [0.29, 0.717) is 10.6 Å². The minimum Gasteiger partial charge on any atom is -0.337 e. The third-order valence-electron chi connectivity index (χ3n) is 3.98. The zero-order valence-corrected chi connectivity index (χ0v) is 14.2. The lowest BCUT2D eigenvalue weighted by Gasteiger charge is -2.10. The number of anilines is 1. The molecule has 0 atom stereocenters. The fraction of sp³-hybridized carbons (Fsp3) is 0.158. The van der Waals surface area contributed by atoms with Gasteiger partial charge in [0.15, 0.2) is 6.29 Å². The zero-order valence-electron chi connectivity index (χ0n) is 13.5. The van der Waals surface area contributed by atoms with Crippen molar-refractivity contribution in [2.75, 3.05) is 5.32 Å². The van der Waals surface area contributed by atoms with Gasteiger partial charge in [-0.15, -0.1) is 0 Å². The molecule has 0 aliphatic heterocycles. The molecule has 24 heavy (non-hydrogen) atoms. The molecule has 0 aliphatic rings. The highest BCUT2D eigenvalue weighted by Crippen LogP contribution is 2.24. The van der Waals surface area contributed by atoms with Crippen molar-refractivity contribution >= 4 is 40.4 Å². The topological polar surface area (TPSA) is 51.1 Å². The summed E-state index contributed by atoms with van der Waals surface area (Å²) in [5.74, 6) is -0.145. The number of hydrogen-bond donors (Lipinski definition) is 1. The summed E-state index contributed by atoms with van der Waals surface area (Å²) in [5, 5.41) is 4.23. The third kappa shape index (κ3) is 3.19. The van der Waals surface area contributed by atoms with Gasteiger partial charge in [-0.2, -0.15) is 0 Å². The molecule has 0 aliphatic carbocycles. The van der Waals surface area contributed by atoms with Crippen LogP contribution in [-0.4, -0.2) is 16.8 Å². The maximum absolute atomic E-state index is 12.4. The van der Waals surface area contributed by atoms with Crippen LogP contribution in [0.15, 0.2) is 42.6 Å². The van der Waals surface area contributed by atoms with Crippen molar-refractivity contribution in [3.8, 4) is 0 Å². The fourth-order valence-corrected chi connectivity index (χ4v) is 2.91. The Morgan fingerprint density at radius 2 is 2.00 bits per heavy atom. The summed E-state index contributed by atoms with van der Waals surface area (Å²) in [6, 6.07) is 11.2. The largest absolute Gasteiger partial charge is 0.337 e. The number of rotatable bonds is 4. The predicted molar refractivity (Wildman–Crippen MR) is 96.9 cm³/mol. The van der Waals surface area contributed by atoms with E-state index < -0.39 is 0 Å². The number of aromatic nitrogens is 1. The lowest BCUT2D eigenvalue weighted by molar-refractivity contribution is -0.116. The molecule has 122 valence electrons. The van der Waals surface area contributed by atoms with Crippen molar-refractivity contribution in [3.63, 3.8) is 0 Å². The standard InChI is InChI=1S/C19H17ClN2O2/c1-12-3-4-13(2)17(7-12)21-19(24)10-22-9-14(11-23)16-8-15(20)5-6-18(16)22/h3-9,11H,10H2,1-2H3,(H,21,24). The second-order valence-corrected chi connectivity index (χ2v) is 6.29. The Bertz CT molecular complexity index is 944. The van der Waals surface area contributed by atoms with Gasteiger partial charge in [-0.1, -0.05) is 23.7 Å². The molecule has 0 bridgehead atoms. The van der Waals surface area contributed by atoms with E-state index in [1.54, 1.807) is 22.9 Å². The van der Waals surface area contributed by atoms with Crippen LogP contribution in [0.5, 0.6) is 0 Å². The second-order valence-electron chi connectivity index (χ2n) is 5.86. The number of halogens is 1. The number of fused-ring (bicyclic) bond motifs is 1. The van der Waals surface area contributed by atoms with Crippen LogP contribution < -0.4 is 5.32 Å². The molecule has 1 aromatic heterocycles. The van der Waals surface area contributed by atoms with Gasteiger partial charge in [0.1, 0.15) is 6.54 Å². The highest BCUT2D eigenvalue weighted by molar-refractivity contribution is 6.31. The molecule has 0 radical (unpaired) electrons. The zero-order chi connectivity index (χ0) is 17.3. The number of aldehydes is 1. The number of amides is 1. The normalized spacial score (nSPS) is 10.8. The van der Waals surface area contributed by atoms with E-state index in [2.05, 4.69) is 5.32 Å². The van der Waals surface area contributed by atoms with Gasteiger partial charge in [-0.25, -0.2) is 0 Å². The van der Waals surface area contributed by atoms with E-state index in [1.807, 2.05) is 38.1 Å². The maximum Gasteiger partial charge on any atom is 0.244 e. The predicted octanol–water partition coefficient (Wildman–Crippen LogP) is 4.36. The third-order valence-corrected chi connectivity index (χ3v) is 4.22. The van der Waals surface area contributed by atoms with Gasteiger partial charge >= 0.3 is 0 Å². The summed E-state index contributed by atoms with van der Waals surface area (Å²) in [7, 11) is 0. The number of nitrogens with zero attached hydrogens (tertiary/aromatic N) is 1. The van der Waals surface area contributed by atoms with E-state index in [4.69, 9.17) is 11.6 Å². The number of carbonyl (C=O) groups is 2. The van der Waals surface area contributed by atoms with Gasteiger partial charge in [0, 0.05) is 33.4 Å². The first-order valence-corrected chi connectivity index (χ1v) is 7.96. The Balaban J connectivity index is 1.88. The molecule has 0 spiro atoms. The Hall–Kier alpha value is -2.59. The number of carbonyl (C=O) groups excluding carboxylic acids is 2. The van der Waals surface area contributed by atoms with Crippen LogP contribution in [0.1, 0.15) is 21.5 Å². The molecule has 0 fully saturated rings. The van der Waals surface area contributed by atoms with Crippen molar-refractivity contribution in [1.29, 1.82) is 0 Å². The number of benzene rings is 2. The summed E-state index contributed by atoms with van der Waals surface area (Å²) in [4.78, 5) is 23.7. The lowest BCUT2D eigenvalue weighted by Crippen LogP contribution is -2.18. The molecule has 4 nitrogen and oxygen atoms in total. The number of hydrogen-bond acceptors (Lipinski definition) is 2. The molecule has 5 heteroatoms. The molecule has 1 amide bonds. The van der Waals surface area contributed by atoms with E-state index in [0.717, 1.165) is 34.0 Å². The molecule has 3 aromatic rings. The smallest absolute Gasteiger partial charge is 0.244 e. The maximum atomic E-state index is 12.4. The van der Waals surface area contributed by atoms with Crippen LogP contribution in [0.2, 0.25) is 5.02 Å². The van der Waals surface area contributed by atoms with Crippen LogP contribution in [0.3, 0.4) is 0 Å². The van der Waals surface area contributed by atoms with Crippen LogP contribution in [-0.2, 0) is 11.3 Å². The Labute approximate surface area is 145 Å². The average Bonchev–Trinajstić information content (AvgIpc) is 2.87. The first-order valence-electron chi connectivity index (χ1n) is 7.58. The SMILES string of the molecule is Cc1ccc(C)c(NC(=O)Cn2cc(C=O)c3cc(Cl)ccc32)c1. The van der Waals surface area contributed by atoms with Gasteiger partial charge in [0.05, 0.1) is 0 Å². The van der Waals surface area contributed by atoms with Gasteiger partial charge in [0.25, 0.3) is 0 Å². The lowest BCUT2D eigenvalue weighted by atomic mass is 10.1. The van der Waals surface area contributed by atoms with E-state index in [9.17, 15) is 9.59 Å². The molecule has 0 saturated carbocycles. The quantitative estimate of drug-likeness (QED) is 0.717. The van der Waals surface area contributed by atoms with E-state index in [-0.39, 0.29) is 12.5 Å². The molecule has 2 aromatic carbocycles. The van der Waals surface area contributed by atoms with Crippen LogP contribution in [0, 0.1) is 13.8 Å². The van der Waals surface area contributed by atoms with Crippen LogP contribution in [0.4, 0.5) is 5.69 Å². The molecule has 1 N–H and O–H groups in total. The van der Waals surface area contributed by atoms with Crippen molar-refractivity contribution < 1.29 is 9.59 Å². The Morgan fingerprint density at radius 3 is 2.75 bits per heavy atom. The van der Waals surface area contributed by atoms with Crippen molar-refractivity contribution in [3.05, 3.63) is 64.3 Å². The summed E-state index contributed by atoms with van der Waals surface area (Å²) in [5.41, 5.74) is 4.21. The summed E-state index contributed by atoms with van der Waals surface area (Å²) in [6.45, 7) is 4.06. The number of aryl methyl sites for hydroxylation is 2. The van der Waals surface area contributed by atoms with Gasteiger partial charge in [0.2, 0.25) is 5.91 Å². The highest BCUT2D eigenvalue weighted by Gasteiger charge is 2.12. The molecule has 1 heterocycles. The molecule has 0 unspecified atom stereocenters. The van der Waals surface area contributed by atoms with Crippen molar-refractivity contribution in [1.82, 2.24) is 4.57 Å². The van der Waals surface area contributed by atoms with Crippen LogP contribution in [0.25, 0.3) is 10.9 Å². The van der Waals surface area contributed by atoms with Gasteiger partial charge < -0.3 is 9.88 Å². The minimum atomic E-state index is -0.145. The van der Waals surface area contributed by atoms with Gasteiger partial charge in [-0.05, 0) is 49.2 Å². The van der Waals surface area contributed by atoms with E-state index in [1.165, 1.54) is 0 Å². The summed E-state index contributed by atoms with van der Waals surface area (Å²) < 4.78 is 1.76. The van der Waals surface area contributed by atoms with Gasteiger partial charge in [-0.3, -0.25) is 9.59 Å². The average molecular weight is 341 g/mol. The summed E-state index contributed by atoms with van der Waals surface area (Å²) in [6.07, 6.45) is 2.45. The monoisotopic (exact) mass is 340 g/mol. The Kier molecular flexibility index (Phi) is 4.40. The highest BCUT2D eigenvalue weighted by atomic mass is 35.5. The second kappa shape index (κ2) is 6.49. The first kappa shape index (κ1) is 16.3. The number of nitrogens with one attached hydrogen (secondary N) is 1. The van der Waals surface area contributed by atoms with Crippen molar-refractivity contribution in [2.24, 2.45) is 0 Å². The fourth-order valence-electron chi connectivity index (χ4n) is 2.74. The summed E-state index contributed by atoms with van der Waals surface area (Å²) >= 11 is 6.00. The van der Waals surface area contributed by atoms with Crippen molar-refractivity contribution in [2.45, 2.75) is 20.4 Å². The molecular weight excluding hydrogens is 324 g/mol. The molecular formula is C19H17ClN2O2. The Morgan fingerprint density at radius 1 is 1.21 bits per heavy atom. The van der Waals surface area contributed by atoms with E-state index >= 15 is 0 Å².